The van der Waals surface area contributed by atoms with Gasteiger partial charge >= 0.3 is 0 Å². The first-order valence-electron chi connectivity index (χ1n) is 12.1. The monoisotopic (exact) mass is 507 g/mol. The second kappa shape index (κ2) is 9.52. The fourth-order valence-corrected chi connectivity index (χ4v) is 7.03. The summed E-state index contributed by atoms with van der Waals surface area (Å²) in [5.41, 5.74) is 4.81. The third-order valence-electron chi connectivity index (χ3n) is 6.44. The highest BCUT2D eigenvalue weighted by molar-refractivity contribution is 8.04. The predicted molar refractivity (Wildman–Crippen MR) is 153 cm³/mol. The highest BCUT2D eigenvalue weighted by Gasteiger charge is 2.28. The van der Waals surface area contributed by atoms with Crippen molar-refractivity contribution in [3.05, 3.63) is 116 Å². The fraction of sp³-hybridized carbons (Fsp3) is 0.133. The molecule has 36 heavy (non-hydrogen) atoms. The third-order valence-corrected chi connectivity index (χ3v) is 8.67. The molecule has 2 heterocycles. The Hall–Kier alpha value is -3.48. The molecule has 0 atom stereocenters. The van der Waals surface area contributed by atoms with Crippen LogP contribution in [0.4, 0.5) is 17.1 Å². The van der Waals surface area contributed by atoms with Gasteiger partial charge in [-0.3, -0.25) is 4.79 Å². The van der Waals surface area contributed by atoms with Crippen LogP contribution in [-0.4, -0.2) is 13.1 Å². The van der Waals surface area contributed by atoms with Crippen molar-refractivity contribution in [2.24, 2.45) is 4.99 Å². The lowest BCUT2D eigenvalue weighted by atomic mass is 9.99. The van der Waals surface area contributed by atoms with Crippen LogP contribution in [0.1, 0.15) is 25.0 Å². The molecule has 0 aliphatic carbocycles. The molecule has 0 saturated heterocycles. The predicted octanol–water partition coefficient (Wildman–Crippen LogP) is 7.02. The zero-order chi connectivity index (χ0) is 24.6. The molecule has 0 N–H and O–H groups in total. The molecule has 4 nitrogen and oxygen atoms in total. The maximum absolute atomic E-state index is 13.5. The molecule has 0 radical (unpaired) electrons. The molecule has 0 unspecified atom stereocenters. The van der Waals surface area contributed by atoms with Crippen molar-refractivity contribution in [1.82, 2.24) is 0 Å². The molecule has 0 bridgehead atoms. The number of fused-ring (bicyclic) bond motifs is 2. The van der Waals surface area contributed by atoms with Crippen molar-refractivity contribution in [2.75, 3.05) is 22.9 Å². The van der Waals surface area contributed by atoms with E-state index in [9.17, 15) is 4.79 Å². The Morgan fingerprint density at radius 3 is 1.75 bits per heavy atom. The Labute approximate surface area is 219 Å². The lowest BCUT2D eigenvalue weighted by Gasteiger charge is -2.20. The van der Waals surface area contributed by atoms with Crippen LogP contribution in [0.3, 0.4) is 0 Å². The Balaban J connectivity index is 1.48. The van der Waals surface area contributed by atoms with Gasteiger partial charge in [0.2, 0.25) is 5.43 Å². The van der Waals surface area contributed by atoms with E-state index in [4.69, 9.17) is 4.99 Å². The van der Waals surface area contributed by atoms with Gasteiger partial charge in [-0.25, -0.2) is 4.99 Å². The third kappa shape index (κ3) is 3.91. The van der Waals surface area contributed by atoms with Crippen molar-refractivity contribution >= 4 is 52.7 Å². The first-order valence-corrected chi connectivity index (χ1v) is 13.8. The van der Waals surface area contributed by atoms with E-state index in [1.807, 2.05) is 30.3 Å². The molecular weight excluding hydrogens is 482 g/mol. The van der Waals surface area contributed by atoms with Gasteiger partial charge in [0.15, 0.2) is 0 Å². The zero-order valence-electron chi connectivity index (χ0n) is 20.1. The van der Waals surface area contributed by atoms with E-state index >= 15 is 0 Å². The van der Waals surface area contributed by atoms with Gasteiger partial charge in [0.05, 0.1) is 27.1 Å². The van der Waals surface area contributed by atoms with E-state index in [2.05, 4.69) is 84.3 Å². The summed E-state index contributed by atoms with van der Waals surface area (Å²) in [5.74, 6) is 0. The van der Waals surface area contributed by atoms with E-state index in [-0.39, 0.29) is 5.43 Å². The number of para-hydroxylation sites is 3. The summed E-state index contributed by atoms with van der Waals surface area (Å²) in [6, 6.07) is 26.6. The second-order valence-corrected chi connectivity index (χ2v) is 10.7. The first-order chi connectivity index (χ1) is 17.7. The average Bonchev–Trinajstić information content (AvgIpc) is 3.46. The molecule has 0 fully saturated rings. The quantitative estimate of drug-likeness (QED) is 0.290. The summed E-state index contributed by atoms with van der Waals surface area (Å²) in [6.45, 7) is 6.00. The molecule has 0 amide bonds. The molecule has 0 saturated carbocycles. The van der Waals surface area contributed by atoms with Gasteiger partial charge in [0, 0.05) is 34.0 Å². The summed E-state index contributed by atoms with van der Waals surface area (Å²) < 4.78 is 0. The Bertz CT molecular complexity index is 1600. The number of hydrogen-bond donors (Lipinski definition) is 0. The molecule has 0 aromatic heterocycles. The molecule has 4 aromatic rings. The summed E-state index contributed by atoms with van der Waals surface area (Å²) in [7, 11) is 0. The van der Waals surface area contributed by atoms with E-state index in [0.29, 0.717) is 5.36 Å². The summed E-state index contributed by atoms with van der Waals surface area (Å²) in [6.07, 6.45) is 4.20. The topological polar surface area (TPSA) is 35.9 Å². The van der Waals surface area contributed by atoms with Crippen molar-refractivity contribution < 1.29 is 0 Å². The molecule has 6 heteroatoms. The highest BCUT2D eigenvalue weighted by atomic mass is 32.2. The number of benzene rings is 3. The van der Waals surface area contributed by atoms with Crippen LogP contribution in [0.15, 0.2) is 108 Å². The lowest BCUT2D eigenvalue weighted by Crippen LogP contribution is -2.38. The maximum atomic E-state index is 13.5. The smallest absolute Gasteiger partial charge is 0.212 e. The van der Waals surface area contributed by atoms with Gasteiger partial charge in [-0.1, -0.05) is 66.0 Å². The van der Waals surface area contributed by atoms with Crippen molar-refractivity contribution in [3.63, 3.8) is 0 Å². The minimum Gasteiger partial charge on any atom is -0.335 e. The van der Waals surface area contributed by atoms with Crippen LogP contribution in [-0.2, 0) is 0 Å². The van der Waals surface area contributed by atoms with E-state index in [0.717, 1.165) is 40.0 Å². The zero-order valence-corrected chi connectivity index (χ0v) is 21.8. The fourth-order valence-electron chi connectivity index (χ4n) is 4.69. The van der Waals surface area contributed by atoms with E-state index in [1.165, 1.54) is 21.2 Å². The minimum absolute atomic E-state index is 0.00521. The van der Waals surface area contributed by atoms with Gasteiger partial charge in [-0.15, -0.1) is 0 Å². The van der Waals surface area contributed by atoms with Gasteiger partial charge in [-0.2, -0.15) is 0 Å². The van der Waals surface area contributed by atoms with Gasteiger partial charge in [-0.05, 0) is 62.4 Å². The number of hydrogen-bond acceptors (Lipinski definition) is 6. The minimum atomic E-state index is -0.00521. The molecule has 4 aromatic carbocycles. The van der Waals surface area contributed by atoms with Crippen molar-refractivity contribution in [1.29, 1.82) is 0 Å². The van der Waals surface area contributed by atoms with Crippen molar-refractivity contribution in [3.8, 4) is 0 Å². The Kier molecular flexibility index (Phi) is 6.07. The highest BCUT2D eigenvalue weighted by Crippen LogP contribution is 2.48. The average molecular weight is 508 g/mol. The van der Waals surface area contributed by atoms with E-state index in [1.54, 1.807) is 23.5 Å². The number of nitrogens with zero attached hydrogens (tertiary/aromatic N) is 3. The molecule has 0 spiro atoms. The number of thioether (sulfide) groups is 2. The first kappa shape index (κ1) is 23.0. The maximum Gasteiger partial charge on any atom is 0.212 e. The molecule has 6 rings (SSSR count). The summed E-state index contributed by atoms with van der Waals surface area (Å²) >= 11 is 3.46. The summed E-state index contributed by atoms with van der Waals surface area (Å²) in [4.78, 5) is 25.3. The van der Waals surface area contributed by atoms with Crippen LogP contribution in [0.2, 0.25) is 0 Å². The molecule has 2 aliphatic heterocycles. The Morgan fingerprint density at radius 2 is 1.19 bits per heavy atom. The van der Waals surface area contributed by atoms with Crippen LogP contribution in [0.5, 0.6) is 0 Å². The van der Waals surface area contributed by atoms with E-state index < -0.39 is 0 Å². The number of rotatable bonds is 5. The standard InChI is InChI=1S/C30H25N3OS2/c1-3-32-23-14-8-10-16-25(23)35-27(32)18-21-22(30(34)29(21)31-20-12-6-5-7-13-20)19-28-33(4-2)24-15-9-11-17-26(24)36-28/h5-19H,3-4H2,1-2H3/b27-18-,28-19-,31-29?. The largest absolute Gasteiger partial charge is 0.335 e. The lowest BCUT2D eigenvalue weighted by molar-refractivity contribution is 1.00. The van der Waals surface area contributed by atoms with Crippen LogP contribution >= 0.6 is 23.5 Å². The molecule has 178 valence electrons. The SMILES string of the molecule is CCN1/C(=C/c2c(/C=C3\Sc4ccccc4N3CC)c(=Nc3ccccc3)c2=O)Sc2ccccc21. The van der Waals surface area contributed by atoms with Gasteiger partial charge < -0.3 is 9.80 Å². The van der Waals surface area contributed by atoms with Crippen LogP contribution in [0, 0.1) is 0 Å². The summed E-state index contributed by atoms with van der Waals surface area (Å²) in [5, 5.41) is 2.72. The van der Waals surface area contributed by atoms with Gasteiger partial charge in [0.1, 0.15) is 5.36 Å². The number of anilines is 2. The second-order valence-electron chi connectivity index (χ2n) is 8.55. The van der Waals surface area contributed by atoms with Crippen LogP contribution < -0.4 is 20.6 Å². The normalized spacial score (nSPS) is 17.4. The molecule has 2 aliphatic rings. The molecular formula is C30H25N3OS2. The van der Waals surface area contributed by atoms with Gasteiger partial charge in [0.25, 0.3) is 0 Å². The van der Waals surface area contributed by atoms with Crippen molar-refractivity contribution in [2.45, 2.75) is 23.6 Å². The van der Waals surface area contributed by atoms with Crippen LogP contribution in [0.25, 0.3) is 12.2 Å². The Morgan fingerprint density at radius 1 is 0.694 bits per heavy atom.